The first-order valence-electron chi connectivity index (χ1n) is 13.2. The van der Waals surface area contributed by atoms with Crippen LogP contribution in [0.2, 0.25) is 0 Å². The lowest BCUT2D eigenvalue weighted by molar-refractivity contribution is -0.137. The Balaban J connectivity index is 1.82. The number of likely N-dealkylation sites (N-methyl/N-ethyl adjacent to an activating group) is 1. The molecule has 4 rings (SSSR count). The van der Waals surface area contributed by atoms with Gasteiger partial charge in [-0.05, 0) is 69.5 Å². The van der Waals surface area contributed by atoms with Crippen molar-refractivity contribution in [1.82, 2.24) is 9.13 Å². The van der Waals surface area contributed by atoms with Crippen LogP contribution >= 0.6 is 0 Å². The molecule has 2 atom stereocenters. The van der Waals surface area contributed by atoms with Gasteiger partial charge in [0.1, 0.15) is 5.60 Å². The Labute approximate surface area is 223 Å². The van der Waals surface area contributed by atoms with E-state index in [4.69, 9.17) is 4.74 Å². The van der Waals surface area contributed by atoms with Crippen molar-refractivity contribution in [3.05, 3.63) is 58.0 Å². The monoisotopic (exact) mass is 522 g/mol. The number of aliphatic carboxylic acids is 1. The molecule has 2 heterocycles. The molecule has 0 saturated heterocycles. The van der Waals surface area contributed by atoms with E-state index in [1.165, 1.54) is 11.1 Å². The third-order valence-electron chi connectivity index (χ3n) is 7.02. The molecule has 38 heavy (non-hydrogen) atoms. The van der Waals surface area contributed by atoms with E-state index in [0.717, 1.165) is 18.7 Å². The largest absolute Gasteiger partial charge is 0.481 e. The number of carbonyl (C=O) groups excluding carboxylic acids is 1. The van der Waals surface area contributed by atoms with Crippen LogP contribution in [0.15, 0.2) is 41.2 Å². The Morgan fingerprint density at radius 3 is 2.58 bits per heavy atom. The lowest BCUT2D eigenvalue weighted by atomic mass is 9.96. The van der Waals surface area contributed by atoms with E-state index < -0.39 is 23.7 Å². The van der Waals surface area contributed by atoms with Crippen molar-refractivity contribution in [2.75, 3.05) is 23.8 Å². The molecule has 0 saturated carbocycles. The predicted octanol–water partition coefficient (Wildman–Crippen LogP) is 5.51. The van der Waals surface area contributed by atoms with Crippen LogP contribution in [0.4, 0.5) is 16.2 Å². The zero-order valence-corrected chi connectivity index (χ0v) is 23.1. The van der Waals surface area contributed by atoms with Gasteiger partial charge in [0.15, 0.2) is 0 Å². The maximum absolute atomic E-state index is 14.0. The van der Waals surface area contributed by atoms with Gasteiger partial charge in [-0.1, -0.05) is 25.5 Å². The van der Waals surface area contributed by atoms with Crippen molar-refractivity contribution >= 4 is 34.5 Å². The molecule has 1 aliphatic heterocycles. The highest BCUT2D eigenvalue weighted by molar-refractivity contribution is 5.89. The number of aromatic nitrogens is 2. The number of carboxylic acid groups (broad SMARTS) is 1. The van der Waals surface area contributed by atoms with E-state index in [2.05, 4.69) is 36.3 Å². The minimum atomic E-state index is -0.943. The number of carboxylic acids is 1. The molecule has 0 fully saturated rings. The molecule has 2 N–H and O–H groups in total. The molecule has 1 aromatic heterocycles. The molecule has 1 amide bonds. The molecule has 0 aliphatic carbocycles. The molecule has 2 aromatic carbocycles. The fourth-order valence-electron chi connectivity index (χ4n) is 5.58. The number of nitrogens with one attached hydrogen (secondary N) is 1. The first kappa shape index (κ1) is 27.3. The Morgan fingerprint density at radius 1 is 1.18 bits per heavy atom. The fraction of sp³-hybridized carbons (Fsp3) is 0.483. The molecular weight excluding hydrogens is 484 g/mol. The first-order valence-corrected chi connectivity index (χ1v) is 13.2. The topological polar surface area (TPSA) is 106 Å². The Morgan fingerprint density at radius 2 is 1.92 bits per heavy atom. The molecule has 9 heteroatoms. The number of fused-ring (bicyclic) bond motifs is 2. The lowest BCUT2D eigenvalue weighted by Gasteiger charge is -2.20. The summed E-state index contributed by atoms with van der Waals surface area (Å²) in [5, 5.41) is 12.4. The number of anilines is 2. The van der Waals surface area contributed by atoms with Crippen molar-refractivity contribution in [1.29, 1.82) is 0 Å². The summed E-state index contributed by atoms with van der Waals surface area (Å²) in [6, 6.07) is 11.0. The number of imidazole rings is 1. The Kier molecular flexibility index (Phi) is 7.58. The van der Waals surface area contributed by atoms with Gasteiger partial charge in [0.2, 0.25) is 0 Å². The Hall–Kier alpha value is -3.75. The van der Waals surface area contributed by atoms with Gasteiger partial charge in [0, 0.05) is 43.5 Å². The van der Waals surface area contributed by atoms with Gasteiger partial charge in [0.05, 0.1) is 17.5 Å². The van der Waals surface area contributed by atoms with Crippen LogP contribution in [0.5, 0.6) is 0 Å². The number of hydrogen-bond acceptors (Lipinski definition) is 5. The molecule has 0 radical (unpaired) electrons. The van der Waals surface area contributed by atoms with Crippen molar-refractivity contribution < 1.29 is 19.4 Å². The fourth-order valence-corrected chi connectivity index (χ4v) is 5.58. The maximum Gasteiger partial charge on any atom is 0.412 e. The predicted molar refractivity (Wildman–Crippen MR) is 149 cm³/mol. The minimum Gasteiger partial charge on any atom is -0.481 e. The van der Waals surface area contributed by atoms with E-state index in [9.17, 15) is 19.5 Å². The standard InChI is InChI=1S/C29H38N4O5/c1-7-9-21(15-25(34)35)33-22-13-12-20(30-27(36)38-29(3,4)5)14-24(22)32(28(33)37)17-19-16-31(6)23-11-8-10-18(2)26(19)23/h8,10-14,19,21H,7,9,15-17H2,1-6H3,(H,30,36)(H,34,35)/t19?,21-/m0/s1. The smallest absolute Gasteiger partial charge is 0.412 e. The third kappa shape index (κ3) is 5.56. The molecule has 1 aliphatic rings. The molecule has 204 valence electrons. The molecule has 9 nitrogen and oxygen atoms in total. The number of amides is 1. The number of ether oxygens (including phenoxy) is 1. The summed E-state index contributed by atoms with van der Waals surface area (Å²) in [6.07, 6.45) is 0.591. The summed E-state index contributed by atoms with van der Waals surface area (Å²) in [7, 11) is 2.05. The van der Waals surface area contributed by atoms with Gasteiger partial charge in [-0.15, -0.1) is 0 Å². The summed E-state index contributed by atoms with van der Waals surface area (Å²) in [5.41, 5.74) is 4.48. The van der Waals surface area contributed by atoms with Crippen LogP contribution < -0.4 is 15.9 Å². The number of rotatable bonds is 8. The molecule has 1 unspecified atom stereocenters. The summed E-state index contributed by atoms with van der Waals surface area (Å²) in [6.45, 7) is 10.7. The second-order valence-electron chi connectivity index (χ2n) is 11.2. The normalized spacial score (nSPS) is 15.9. The highest BCUT2D eigenvalue weighted by atomic mass is 16.6. The molecule has 0 spiro atoms. The number of benzene rings is 2. The van der Waals surface area contributed by atoms with Crippen LogP contribution in [0.3, 0.4) is 0 Å². The average Bonchev–Trinajstić information content (AvgIpc) is 3.26. The van der Waals surface area contributed by atoms with Gasteiger partial charge in [-0.3, -0.25) is 19.2 Å². The first-order chi connectivity index (χ1) is 17.9. The van der Waals surface area contributed by atoms with Crippen LogP contribution in [0, 0.1) is 6.92 Å². The number of aryl methyl sites for hydroxylation is 1. The van der Waals surface area contributed by atoms with E-state index in [1.807, 2.05) is 13.0 Å². The molecule has 3 aromatic rings. The molecule has 0 bridgehead atoms. The minimum absolute atomic E-state index is 0.0829. The van der Waals surface area contributed by atoms with Gasteiger partial charge < -0.3 is 14.7 Å². The molecular formula is C29H38N4O5. The lowest BCUT2D eigenvalue weighted by Crippen LogP contribution is -2.30. The Bertz CT molecular complexity index is 1410. The second-order valence-corrected chi connectivity index (χ2v) is 11.2. The van der Waals surface area contributed by atoms with E-state index >= 15 is 0 Å². The van der Waals surface area contributed by atoms with Gasteiger partial charge >= 0.3 is 17.8 Å². The third-order valence-corrected chi connectivity index (χ3v) is 7.02. The SMILES string of the molecule is CCC[C@@H](CC(=O)O)n1c(=O)n(CC2CN(C)c3cccc(C)c32)c2cc(NC(=O)OC(C)(C)C)ccc21. The van der Waals surface area contributed by atoms with Gasteiger partial charge in [-0.2, -0.15) is 0 Å². The van der Waals surface area contributed by atoms with Crippen molar-refractivity contribution in [3.63, 3.8) is 0 Å². The number of carbonyl (C=O) groups is 2. The number of hydrogen-bond donors (Lipinski definition) is 2. The summed E-state index contributed by atoms with van der Waals surface area (Å²) >= 11 is 0. The van der Waals surface area contributed by atoms with E-state index in [0.29, 0.717) is 29.7 Å². The van der Waals surface area contributed by atoms with Crippen LogP contribution in [0.1, 0.15) is 70.0 Å². The number of nitrogens with zero attached hydrogens (tertiary/aromatic N) is 3. The summed E-state index contributed by atoms with van der Waals surface area (Å²) in [5.74, 6) is -0.860. The van der Waals surface area contributed by atoms with Crippen LogP contribution in [-0.2, 0) is 16.1 Å². The highest BCUT2D eigenvalue weighted by Crippen LogP contribution is 2.39. The van der Waals surface area contributed by atoms with E-state index in [1.54, 1.807) is 48.1 Å². The second kappa shape index (κ2) is 10.6. The maximum atomic E-state index is 14.0. The van der Waals surface area contributed by atoms with Crippen molar-refractivity contribution in [2.45, 2.75) is 78.0 Å². The van der Waals surface area contributed by atoms with Crippen molar-refractivity contribution in [2.24, 2.45) is 0 Å². The zero-order valence-electron chi connectivity index (χ0n) is 23.1. The average molecular weight is 523 g/mol. The van der Waals surface area contributed by atoms with Crippen LogP contribution in [0.25, 0.3) is 11.0 Å². The van der Waals surface area contributed by atoms with Crippen molar-refractivity contribution in [3.8, 4) is 0 Å². The van der Waals surface area contributed by atoms with Gasteiger partial charge in [0.25, 0.3) is 0 Å². The van der Waals surface area contributed by atoms with E-state index in [-0.39, 0.29) is 18.0 Å². The van der Waals surface area contributed by atoms with Crippen LogP contribution in [-0.4, -0.2) is 45.5 Å². The summed E-state index contributed by atoms with van der Waals surface area (Å²) < 4.78 is 8.77. The summed E-state index contributed by atoms with van der Waals surface area (Å²) in [4.78, 5) is 40.3. The zero-order chi connectivity index (χ0) is 27.8. The highest BCUT2D eigenvalue weighted by Gasteiger charge is 2.31. The van der Waals surface area contributed by atoms with Gasteiger partial charge in [-0.25, -0.2) is 9.59 Å². The quantitative estimate of drug-likeness (QED) is 0.404.